The molecule has 30 heavy (non-hydrogen) atoms. The van der Waals surface area contributed by atoms with Crippen molar-refractivity contribution in [2.24, 2.45) is 11.8 Å². The molecule has 180 valence electrons. The van der Waals surface area contributed by atoms with Gasteiger partial charge in [-0.3, -0.25) is 0 Å². The first-order valence-electron chi connectivity index (χ1n) is 14.4. The van der Waals surface area contributed by atoms with Gasteiger partial charge in [-0.25, -0.2) is 0 Å². The van der Waals surface area contributed by atoms with E-state index in [1.807, 2.05) is 0 Å². The lowest BCUT2D eigenvalue weighted by Crippen LogP contribution is -1.96. The molecule has 0 N–H and O–H groups in total. The van der Waals surface area contributed by atoms with Crippen LogP contribution in [0.4, 0.5) is 0 Å². The van der Waals surface area contributed by atoms with Crippen LogP contribution in [0.1, 0.15) is 169 Å². The lowest BCUT2D eigenvalue weighted by molar-refractivity contribution is 0.416. The Labute approximate surface area is 193 Å². The van der Waals surface area contributed by atoms with Crippen LogP contribution in [0.25, 0.3) is 0 Å². The summed E-state index contributed by atoms with van der Waals surface area (Å²) in [6, 6.07) is 0. The second kappa shape index (κ2) is 25.0. The predicted molar refractivity (Wildman–Crippen MR) is 140 cm³/mol. The maximum atomic E-state index is 2.48. The Balaban J connectivity index is 3.30. The van der Waals surface area contributed by atoms with Crippen molar-refractivity contribution in [3.63, 3.8) is 0 Å². The molecule has 2 unspecified atom stereocenters. The number of hydrogen-bond donors (Lipinski definition) is 0. The SMILES string of the molecule is CCCCCCCCC=CCCCCC(C)CCCCCCC(C)CCCCCC. The summed E-state index contributed by atoms with van der Waals surface area (Å²) >= 11 is 0. The maximum absolute atomic E-state index is 2.48. The molecule has 0 aliphatic carbocycles. The van der Waals surface area contributed by atoms with E-state index in [-0.39, 0.29) is 0 Å². The Hall–Kier alpha value is -0.260. The van der Waals surface area contributed by atoms with E-state index in [9.17, 15) is 0 Å². The Kier molecular flexibility index (Phi) is 24.8. The van der Waals surface area contributed by atoms with Gasteiger partial charge in [0.25, 0.3) is 0 Å². The molecule has 0 nitrogen and oxygen atoms in total. The van der Waals surface area contributed by atoms with E-state index >= 15 is 0 Å². The zero-order valence-corrected chi connectivity index (χ0v) is 21.9. The highest BCUT2D eigenvalue weighted by Gasteiger charge is 2.04. The van der Waals surface area contributed by atoms with E-state index in [0.717, 1.165) is 11.8 Å². The third-order valence-electron chi connectivity index (χ3n) is 6.90. The van der Waals surface area contributed by atoms with E-state index in [0.29, 0.717) is 0 Å². The third kappa shape index (κ3) is 24.0. The van der Waals surface area contributed by atoms with Gasteiger partial charge in [0.15, 0.2) is 0 Å². The molecular weight excluding hydrogens is 360 g/mol. The first kappa shape index (κ1) is 29.7. The Bertz CT molecular complexity index is 329. The molecule has 0 aromatic heterocycles. The second-order valence-corrected chi connectivity index (χ2v) is 10.4. The van der Waals surface area contributed by atoms with Crippen molar-refractivity contribution in [2.45, 2.75) is 169 Å². The minimum atomic E-state index is 0.939. The molecule has 0 aromatic carbocycles. The number of rotatable bonds is 24. The van der Waals surface area contributed by atoms with Gasteiger partial charge in [0.1, 0.15) is 0 Å². The van der Waals surface area contributed by atoms with Gasteiger partial charge < -0.3 is 0 Å². The van der Waals surface area contributed by atoms with Crippen LogP contribution >= 0.6 is 0 Å². The molecule has 0 rings (SSSR count). The zero-order chi connectivity index (χ0) is 22.1. The predicted octanol–water partition coefficient (Wildman–Crippen LogP) is 11.4. The smallest absolute Gasteiger partial charge is 0.0351 e. The molecule has 0 saturated heterocycles. The fourth-order valence-corrected chi connectivity index (χ4v) is 4.58. The number of allylic oxidation sites excluding steroid dienone is 2. The first-order chi connectivity index (χ1) is 14.7. The molecule has 0 radical (unpaired) electrons. The molecule has 0 heteroatoms. The standard InChI is InChI=1S/C30H60/c1-5-7-9-11-12-13-14-15-16-17-18-22-26-30(4)28-24-20-19-23-27-29(3)25-21-10-8-6-2/h15-16,29-30H,5-14,17-28H2,1-4H3. The van der Waals surface area contributed by atoms with Crippen molar-refractivity contribution >= 4 is 0 Å². The van der Waals surface area contributed by atoms with Crippen molar-refractivity contribution in [3.05, 3.63) is 12.2 Å². The van der Waals surface area contributed by atoms with Crippen LogP contribution in [0.15, 0.2) is 12.2 Å². The molecule has 0 fully saturated rings. The van der Waals surface area contributed by atoms with Gasteiger partial charge in [-0.1, -0.05) is 155 Å². The van der Waals surface area contributed by atoms with Crippen LogP contribution in [0, 0.1) is 11.8 Å². The average molecular weight is 421 g/mol. The summed E-state index contributed by atoms with van der Waals surface area (Å²) in [5.41, 5.74) is 0. The third-order valence-corrected chi connectivity index (χ3v) is 6.90. The van der Waals surface area contributed by atoms with Gasteiger partial charge in [-0.2, -0.15) is 0 Å². The molecule has 0 aromatic rings. The summed E-state index contributed by atoms with van der Waals surface area (Å²) < 4.78 is 0. The van der Waals surface area contributed by atoms with Crippen LogP contribution in [-0.2, 0) is 0 Å². The number of unbranched alkanes of at least 4 members (excludes halogenated alkanes) is 14. The Morgan fingerprint density at radius 2 is 0.700 bits per heavy atom. The summed E-state index contributed by atoms with van der Waals surface area (Å²) in [7, 11) is 0. The normalized spacial score (nSPS) is 13.9. The fourth-order valence-electron chi connectivity index (χ4n) is 4.58. The molecule has 0 spiro atoms. The van der Waals surface area contributed by atoms with E-state index in [1.165, 1.54) is 141 Å². The lowest BCUT2D eigenvalue weighted by Gasteiger charge is -2.12. The summed E-state index contributed by atoms with van der Waals surface area (Å²) in [4.78, 5) is 0. The summed E-state index contributed by atoms with van der Waals surface area (Å²) in [5.74, 6) is 1.90. The van der Waals surface area contributed by atoms with Crippen LogP contribution in [0.2, 0.25) is 0 Å². The van der Waals surface area contributed by atoms with Gasteiger partial charge in [0, 0.05) is 0 Å². The van der Waals surface area contributed by atoms with Crippen LogP contribution in [0.3, 0.4) is 0 Å². The van der Waals surface area contributed by atoms with Gasteiger partial charge in [0.2, 0.25) is 0 Å². The van der Waals surface area contributed by atoms with E-state index in [1.54, 1.807) is 0 Å². The van der Waals surface area contributed by atoms with Gasteiger partial charge in [0.05, 0.1) is 0 Å². The molecule has 0 saturated carbocycles. The molecule has 0 aliphatic heterocycles. The van der Waals surface area contributed by atoms with Gasteiger partial charge in [-0.05, 0) is 37.5 Å². The lowest BCUT2D eigenvalue weighted by atomic mass is 9.94. The van der Waals surface area contributed by atoms with E-state index in [4.69, 9.17) is 0 Å². The van der Waals surface area contributed by atoms with Gasteiger partial charge >= 0.3 is 0 Å². The highest BCUT2D eigenvalue weighted by atomic mass is 14.1. The van der Waals surface area contributed by atoms with Crippen molar-refractivity contribution in [1.82, 2.24) is 0 Å². The minimum absolute atomic E-state index is 0.939. The van der Waals surface area contributed by atoms with Crippen molar-refractivity contribution in [3.8, 4) is 0 Å². The van der Waals surface area contributed by atoms with Crippen molar-refractivity contribution in [1.29, 1.82) is 0 Å². The molecule has 0 heterocycles. The summed E-state index contributed by atoms with van der Waals surface area (Å²) in [6.07, 6.45) is 36.2. The Morgan fingerprint density at radius 1 is 0.400 bits per heavy atom. The van der Waals surface area contributed by atoms with Gasteiger partial charge in [-0.15, -0.1) is 0 Å². The minimum Gasteiger partial charge on any atom is -0.0885 e. The molecule has 2 atom stereocenters. The van der Waals surface area contributed by atoms with Crippen LogP contribution in [-0.4, -0.2) is 0 Å². The monoisotopic (exact) mass is 420 g/mol. The largest absolute Gasteiger partial charge is 0.0885 e. The van der Waals surface area contributed by atoms with E-state index in [2.05, 4.69) is 39.8 Å². The molecule has 0 aliphatic rings. The molecule has 0 bridgehead atoms. The number of hydrogen-bond acceptors (Lipinski definition) is 0. The Morgan fingerprint density at radius 3 is 1.17 bits per heavy atom. The van der Waals surface area contributed by atoms with Crippen LogP contribution in [0.5, 0.6) is 0 Å². The summed E-state index contributed by atoms with van der Waals surface area (Å²) in [5, 5.41) is 0. The highest BCUT2D eigenvalue weighted by Crippen LogP contribution is 2.20. The summed E-state index contributed by atoms with van der Waals surface area (Å²) in [6.45, 7) is 9.55. The molecule has 0 amide bonds. The quantitative estimate of drug-likeness (QED) is 0.107. The van der Waals surface area contributed by atoms with Crippen molar-refractivity contribution < 1.29 is 0 Å². The second-order valence-electron chi connectivity index (χ2n) is 10.4. The van der Waals surface area contributed by atoms with Crippen molar-refractivity contribution in [2.75, 3.05) is 0 Å². The fraction of sp³-hybridized carbons (Fsp3) is 0.933. The highest BCUT2D eigenvalue weighted by molar-refractivity contribution is 4.81. The average Bonchev–Trinajstić information content (AvgIpc) is 2.74. The first-order valence-corrected chi connectivity index (χ1v) is 14.4. The van der Waals surface area contributed by atoms with Crippen LogP contribution < -0.4 is 0 Å². The van der Waals surface area contributed by atoms with E-state index < -0.39 is 0 Å². The zero-order valence-electron chi connectivity index (χ0n) is 21.9. The topological polar surface area (TPSA) is 0 Å². The maximum Gasteiger partial charge on any atom is -0.0351 e. The molecular formula is C30H60.